The Morgan fingerprint density at radius 3 is 2.69 bits per heavy atom. The molecule has 3 rings (SSSR count). The molecule has 0 atom stereocenters. The van der Waals surface area contributed by atoms with Crippen molar-refractivity contribution in [1.29, 1.82) is 0 Å². The lowest BCUT2D eigenvalue weighted by atomic mass is 10.1. The average molecular weight is 357 g/mol. The van der Waals surface area contributed by atoms with Gasteiger partial charge in [0.1, 0.15) is 0 Å². The third kappa shape index (κ3) is 4.39. The molecule has 0 spiro atoms. The van der Waals surface area contributed by atoms with Crippen LogP contribution in [0.5, 0.6) is 5.88 Å². The second-order valence-corrected chi connectivity index (χ2v) is 8.05. The van der Waals surface area contributed by atoms with Crippen LogP contribution < -0.4 is 4.74 Å². The lowest BCUT2D eigenvalue weighted by Crippen LogP contribution is -2.33. The molecule has 0 saturated heterocycles. The molecule has 2 aromatic heterocycles. The fourth-order valence-corrected chi connectivity index (χ4v) is 2.64. The smallest absolute Gasteiger partial charge is 0.276 e. The fourth-order valence-electron chi connectivity index (χ4n) is 2.64. The van der Waals surface area contributed by atoms with Crippen LogP contribution in [0.3, 0.4) is 0 Å². The first-order chi connectivity index (χ1) is 12.2. The SMILES string of the molecule is CC(C)Oc1cc(CN(C(=O)c2cn(C(C)(C)C)nn2)C2CC2)ccn1. The average Bonchev–Trinajstić information content (AvgIpc) is 3.25. The van der Waals surface area contributed by atoms with Crippen LogP contribution in [-0.2, 0) is 12.1 Å². The molecule has 2 aromatic rings. The molecule has 1 aliphatic rings. The maximum atomic E-state index is 13.0. The second-order valence-electron chi connectivity index (χ2n) is 8.05. The third-order valence-corrected chi connectivity index (χ3v) is 4.16. The molecule has 0 N–H and O–H groups in total. The van der Waals surface area contributed by atoms with Crippen molar-refractivity contribution >= 4 is 5.91 Å². The summed E-state index contributed by atoms with van der Waals surface area (Å²) in [5, 5.41) is 8.21. The number of rotatable bonds is 6. The zero-order valence-electron chi connectivity index (χ0n) is 16.1. The van der Waals surface area contributed by atoms with Crippen LogP contribution in [0.25, 0.3) is 0 Å². The minimum Gasteiger partial charge on any atom is -0.475 e. The molecule has 7 heteroatoms. The Bertz CT molecular complexity index is 774. The molecule has 7 nitrogen and oxygen atoms in total. The molecular weight excluding hydrogens is 330 g/mol. The van der Waals surface area contributed by atoms with Gasteiger partial charge in [0.15, 0.2) is 5.69 Å². The highest BCUT2D eigenvalue weighted by atomic mass is 16.5. The largest absolute Gasteiger partial charge is 0.475 e. The van der Waals surface area contributed by atoms with E-state index in [2.05, 4.69) is 15.3 Å². The van der Waals surface area contributed by atoms with Crippen LogP contribution in [0.15, 0.2) is 24.5 Å². The summed E-state index contributed by atoms with van der Waals surface area (Å²) in [7, 11) is 0. The van der Waals surface area contributed by atoms with Crippen molar-refractivity contribution in [2.24, 2.45) is 0 Å². The molecule has 26 heavy (non-hydrogen) atoms. The molecule has 0 aliphatic heterocycles. The summed E-state index contributed by atoms with van der Waals surface area (Å²) in [5.74, 6) is 0.505. The molecule has 0 bridgehead atoms. The van der Waals surface area contributed by atoms with Crippen molar-refractivity contribution in [3.05, 3.63) is 35.8 Å². The Labute approximate surface area is 154 Å². The minimum atomic E-state index is -0.204. The number of ether oxygens (including phenoxy) is 1. The number of aromatic nitrogens is 4. The monoisotopic (exact) mass is 357 g/mol. The predicted octanol–water partition coefficient (Wildman–Crippen LogP) is 3.02. The minimum absolute atomic E-state index is 0.0614. The number of nitrogens with zero attached hydrogens (tertiary/aromatic N) is 5. The summed E-state index contributed by atoms with van der Waals surface area (Å²) in [6.45, 7) is 10.5. The highest BCUT2D eigenvalue weighted by Gasteiger charge is 2.34. The summed E-state index contributed by atoms with van der Waals surface area (Å²) >= 11 is 0. The molecule has 0 radical (unpaired) electrons. The highest BCUT2D eigenvalue weighted by Crippen LogP contribution is 2.30. The van der Waals surface area contributed by atoms with Crippen LogP contribution in [0.4, 0.5) is 0 Å². The van der Waals surface area contributed by atoms with E-state index in [1.54, 1.807) is 17.1 Å². The standard InChI is InChI=1S/C19H27N5O2/c1-13(2)26-17-10-14(8-9-20-17)11-23(15-6-7-15)18(25)16-12-24(22-21-16)19(3,4)5/h8-10,12-13,15H,6-7,11H2,1-5H3. The molecule has 1 amide bonds. The van der Waals surface area contributed by atoms with Crippen LogP contribution in [-0.4, -0.2) is 42.9 Å². The Kier molecular flexibility index (Phi) is 4.98. The first-order valence-electron chi connectivity index (χ1n) is 9.09. The van der Waals surface area contributed by atoms with Crippen LogP contribution in [0.2, 0.25) is 0 Å². The van der Waals surface area contributed by atoms with Crippen LogP contribution >= 0.6 is 0 Å². The predicted molar refractivity (Wildman–Crippen MR) is 97.9 cm³/mol. The zero-order valence-corrected chi connectivity index (χ0v) is 16.1. The van der Waals surface area contributed by atoms with Crippen molar-refractivity contribution < 1.29 is 9.53 Å². The number of carbonyl (C=O) groups is 1. The number of hydrogen-bond donors (Lipinski definition) is 0. The van der Waals surface area contributed by atoms with E-state index in [1.165, 1.54) is 0 Å². The van der Waals surface area contributed by atoms with Crippen molar-refractivity contribution in [3.63, 3.8) is 0 Å². The Morgan fingerprint density at radius 2 is 2.12 bits per heavy atom. The molecular formula is C19H27N5O2. The van der Waals surface area contributed by atoms with E-state index in [9.17, 15) is 4.79 Å². The van der Waals surface area contributed by atoms with Gasteiger partial charge in [0.2, 0.25) is 5.88 Å². The topological polar surface area (TPSA) is 73.1 Å². The second kappa shape index (κ2) is 7.05. The van der Waals surface area contributed by atoms with Gasteiger partial charge in [0.25, 0.3) is 5.91 Å². The quantitative estimate of drug-likeness (QED) is 0.794. The molecule has 1 fully saturated rings. The van der Waals surface area contributed by atoms with Crippen molar-refractivity contribution in [2.75, 3.05) is 0 Å². The number of hydrogen-bond acceptors (Lipinski definition) is 5. The summed E-state index contributed by atoms with van der Waals surface area (Å²) < 4.78 is 7.39. The van der Waals surface area contributed by atoms with E-state index >= 15 is 0 Å². The summed E-state index contributed by atoms with van der Waals surface area (Å²) in [5.41, 5.74) is 1.18. The van der Waals surface area contributed by atoms with Gasteiger partial charge in [-0.05, 0) is 59.1 Å². The maximum Gasteiger partial charge on any atom is 0.276 e. The lowest BCUT2D eigenvalue weighted by Gasteiger charge is -2.22. The number of carbonyl (C=O) groups excluding carboxylic acids is 1. The Hall–Kier alpha value is -2.44. The van der Waals surface area contributed by atoms with Gasteiger partial charge in [-0.15, -0.1) is 5.10 Å². The molecule has 0 aromatic carbocycles. The van der Waals surface area contributed by atoms with E-state index in [0.29, 0.717) is 18.1 Å². The number of pyridine rings is 1. The summed E-state index contributed by atoms with van der Waals surface area (Å²) in [6, 6.07) is 4.08. The van der Waals surface area contributed by atoms with E-state index < -0.39 is 0 Å². The first kappa shape index (κ1) is 18.4. The number of amides is 1. The van der Waals surface area contributed by atoms with Gasteiger partial charge in [-0.3, -0.25) is 4.79 Å². The van der Waals surface area contributed by atoms with Gasteiger partial charge in [0.05, 0.1) is 17.8 Å². The van der Waals surface area contributed by atoms with Crippen molar-refractivity contribution in [3.8, 4) is 5.88 Å². The lowest BCUT2D eigenvalue weighted by molar-refractivity contribution is 0.0723. The summed E-state index contributed by atoms with van der Waals surface area (Å²) in [6.07, 6.45) is 5.57. The van der Waals surface area contributed by atoms with E-state index in [1.807, 2.05) is 51.7 Å². The Balaban J connectivity index is 1.77. The molecule has 1 aliphatic carbocycles. The Morgan fingerprint density at radius 1 is 1.38 bits per heavy atom. The fraction of sp³-hybridized carbons (Fsp3) is 0.579. The first-order valence-corrected chi connectivity index (χ1v) is 9.09. The van der Waals surface area contributed by atoms with Crippen molar-refractivity contribution in [1.82, 2.24) is 24.9 Å². The van der Waals surface area contributed by atoms with Gasteiger partial charge in [-0.1, -0.05) is 5.21 Å². The van der Waals surface area contributed by atoms with Gasteiger partial charge >= 0.3 is 0 Å². The van der Waals surface area contributed by atoms with E-state index in [-0.39, 0.29) is 23.6 Å². The van der Waals surface area contributed by atoms with E-state index in [0.717, 1.165) is 18.4 Å². The van der Waals surface area contributed by atoms with Crippen LogP contribution in [0, 0.1) is 0 Å². The van der Waals surface area contributed by atoms with Gasteiger partial charge in [-0.2, -0.15) is 0 Å². The maximum absolute atomic E-state index is 13.0. The highest BCUT2D eigenvalue weighted by molar-refractivity contribution is 5.92. The van der Waals surface area contributed by atoms with Gasteiger partial charge < -0.3 is 9.64 Å². The van der Waals surface area contributed by atoms with E-state index in [4.69, 9.17) is 4.74 Å². The van der Waals surface area contributed by atoms with Gasteiger partial charge in [-0.25, -0.2) is 9.67 Å². The zero-order chi connectivity index (χ0) is 18.9. The molecule has 2 heterocycles. The molecule has 0 unspecified atom stereocenters. The van der Waals surface area contributed by atoms with Gasteiger partial charge in [0, 0.05) is 24.8 Å². The molecule has 1 saturated carbocycles. The third-order valence-electron chi connectivity index (χ3n) is 4.16. The summed E-state index contributed by atoms with van der Waals surface area (Å²) in [4.78, 5) is 19.1. The van der Waals surface area contributed by atoms with Crippen LogP contribution in [0.1, 0.15) is 63.5 Å². The normalized spacial score (nSPS) is 14.5. The molecule has 140 valence electrons. The van der Waals surface area contributed by atoms with Crippen molar-refractivity contribution in [2.45, 2.75) is 71.7 Å².